The first kappa shape index (κ1) is 15.0. The molecule has 0 spiro atoms. The molecule has 1 fully saturated rings. The normalized spacial score (nSPS) is 17.9. The lowest BCUT2D eigenvalue weighted by molar-refractivity contribution is 0.169. The highest BCUT2D eigenvalue weighted by Crippen LogP contribution is 2.35. The van der Waals surface area contributed by atoms with Crippen molar-refractivity contribution >= 4 is 0 Å². The standard InChI is InChI=1S/C16H23FN2O/c1-11(2)10-14(19-8-6-18-7-9-19)13-5-4-12(3)15(17)16(13)20/h4-5,14,18,20H,1,6-10H2,2-3H3/t14-/m0/s1. The number of nitrogens with one attached hydrogen (secondary N) is 1. The molecule has 1 aromatic rings. The van der Waals surface area contributed by atoms with E-state index in [0.717, 1.165) is 38.2 Å². The molecule has 0 unspecified atom stereocenters. The third-order valence-corrected chi connectivity index (χ3v) is 3.83. The maximum Gasteiger partial charge on any atom is 0.168 e. The van der Waals surface area contributed by atoms with Crippen molar-refractivity contribution in [2.75, 3.05) is 26.2 Å². The van der Waals surface area contributed by atoms with Crippen molar-refractivity contribution in [3.05, 3.63) is 41.2 Å². The minimum atomic E-state index is -0.510. The zero-order chi connectivity index (χ0) is 14.7. The molecule has 0 aromatic heterocycles. The summed E-state index contributed by atoms with van der Waals surface area (Å²) in [5.41, 5.74) is 2.17. The summed E-state index contributed by atoms with van der Waals surface area (Å²) in [6, 6.07) is 3.56. The number of halogens is 1. The molecule has 1 aliphatic rings. The number of nitrogens with zero attached hydrogens (tertiary/aromatic N) is 1. The number of benzene rings is 1. The Kier molecular flexibility index (Phi) is 4.78. The monoisotopic (exact) mass is 278 g/mol. The first-order valence-corrected chi connectivity index (χ1v) is 7.08. The highest BCUT2D eigenvalue weighted by Gasteiger charge is 2.26. The topological polar surface area (TPSA) is 35.5 Å². The number of phenols is 1. The summed E-state index contributed by atoms with van der Waals surface area (Å²) >= 11 is 0. The van der Waals surface area contributed by atoms with E-state index in [1.54, 1.807) is 13.0 Å². The Morgan fingerprint density at radius 3 is 2.70 bits per heavy atom. The SMILES string of the molecule is C=C(C)C[C@@H](c1ccc(C)c(F)c1O)N1CCNCC1. The van der Waals surface area contributed by atoms with Crippen molar-refractivity contribution in [1.82, 2.24) is 10.2 Å². The van der Waals surface area contributed by atoms with E-state index in [4.69, 9.17) is 0 Å². The molecule has 2 rings (SSSR count). The third-order valence-electron chi connectivity index (χ3n) is 3.83. The number of hydrogen-bond acceptors (Lipinski definition) is 3. The van der Waals surface area contributed by atoms with Crippen LogP contribution < -0.4 is 5.32 Å². The smallest absolute Gasteiger partial charge is 0.168 e. The molecule has 1 saturated heterocycles. The van der Waals surface area contributed by atoms with Crippen LogP contribution in [0.15, 0.2) is 24.3 Å². The van der Waals surface area contributed by atoms with Gasteiger partial charge in [-0.1, -0.05) is 17.7 Å². The van der Waals surface area contributed by atoms with Gasteiger partial charge in [0.25, 0.3) is 0 Å². The summed E-state index contributed by atoms with van der Waals surface area (Å²) in [6.45, 7) is 11.2. The first-order valence-electron chi connectivity index (χ1n) is 7.08. The minimum Gasteiger partial charge on any atom is -0.505 e. The van der Waals surface area contributed by atoms with Gasteiger partial charge in [0.1, 0.15) is 0 Å². The Morgan fingerprint density at radius 2 is 2.10 bits per heavy atom. The van der Waals surface area contributed by atoms with Gasteiger partial charge >= 0.3 is 0 Å². The molecule has 0 bridgehead atoms. The van der Waals surface area contributed by atoms with E-state index in [1.165, 1.54) is 0 Å². The summed E-state index contributed by atoms with van der Waals surface area (Å²) in [5.74, 6) is -0.723. The molecule has 1 heterocycles. The van der Waals surface area contributed by atoms with Crippen molar-refractivity contribution in [2.24, 2.45) is 0 Å². The Balaban J connectivity index is 2.35. The molecule has 20 heavy (non-hydrogen) atoms. The Labute approximate surface area is 120 Å². The fourth-order valence-electron chi connectivity index (χ4n) is 2.71. The lowest BCUT2D eigenvalue weighted by Gasteiger charge is -2.35. The molecule has 2 N–H and O–H groups in total. The summed E-state index contributed by atoms with van der Waals surface area (Å²) in [5, 5.41) is 13.5. The molecule has 0 radical (unpaired) electrons. The Morgan fingerprint density at radius 1 is 1.45 bits per heavy atom. The quantitative estimate of drug-likeness (QED) is 0.831. The maximum absolute atomic E-state index is 14.0. The van der Waals surface area contributed by atoms with Gasteiger partial charge in [0.05, 0.1) is 0 Å². The highest BCUT2D eigenvalue weighted by molar-refractivity contribution is 5.40. The Hall–Kier alpha value is -1.39. The number of aryl methyl sites for hydroxylation is 1. The van der Waals surface area contributed by atoms with Crippen LogP contribution in [0.1, 0.15) is 30.5 Å². The predicted molar refractivity (Wildman–Crippen MR) is 79.4 cm³/mol. The number of hydrogen-bond donors (Lipinski definition) is 2. The van der Waals surface area contributed by atoms with Crippen molar-refractivity contribution in [3.8, 4) is 5.75 Å². The average Bonchev–Trinajstić information content (AvgIpc) is 2.44. The van der Waals surface area contributed by atoms with Gasteiger partial charge in [0.15, 0.2) is 11.6 Å². The molecule has 1 atom stereocenters. The zero-order valence-electron chi connectivity index (χ0n) is 12.2. The molecule has 4 heteroatoms. The summed E-state index contributed by atoms with van der Waals surface area (Å²) in [7, 11) is 0. The molecule has 0 amide bonds. The summed E-state index contributed by atoms with van der Waals surface area (Å²) in [6.07, 6.45) is 0.732. The fraction of sp³-hybridized carbons (Fsp3) is 0.500. The van der Waals surface area contributed by atoms with Gasteiger partial charge in [-0.3, -0.25) is 4.90 Å². The molecule has 3 nitrogen and oxygen atoms in total. The molecule has 1 aromatic carbocycles. The lowest BCUT2D eigenvalue weighted by atomic mass is 9.96. The van der Waals surface area contributed by atoms with Crippen molar-refractivity contribution < 1.29 is 9.50 Å². The van der Waals surface area contributed by atoms with E-state index < -0.39 is 5.82 Å². The summed E-state index contributed by atoms with van der Waals surface area (Å²) < 4.78 is 14.0. The minimum absolute atomic E-state index is 0.00954. The number of phenolic OH excluding ortho intramolecular Hbond substituents is 1. The van der Waals surface area contributed by atoms with Crippen molar-refractivity contribution in [1.29, 1.82) is 0 Å². The van der Waals surface area contributed by atoms with E-state index in [1.807, 2.05) is 13.0 Å². The maximum atomic E-state index is 14.0. The van der Waals surface area contributed by atoms with Gasteiger partial charge < -0.3 is 10.4 Å². The van der Waals surface area contributed by atoms with Gasteiger partial charge in [-0.15, -0.1) is 6.58 Å². The number of aromatic hydroxyl groups is 1. The van der Waals surface area contributed by atoms with Gasteiger partial charge in [-0.25, -0.2) is 4.39 Å². The highest BCUT2D eigenvalue weighted by atomic mass is 19.1. The molecule has 110 valence electrons. The Bertz CT molecular complexity index is 495. The van der Waals surface area contributed by atoms with Crippen LogP contribution in [0.4, 0.5) is 4.39 Å². The van der Waals surface area contributed by atoms with Gasteiger partial charge in [0.2, 0.25) is 0 Å². The first-order chi connectivity index (χ1) is 9.50. The molecule has 1 aliphatic heterocycles. The van der Waals surface area contributed by atoms with Gasteiger partial charge in [0, 0.05) is 37.8 Å². The second kappa shape index (κ2) is 6.37. The zero-order valence-corrected chi connectivity index (χ0v) is 12.2. The van der Waals surface area contributed by atoms with Crippen LogP contribution in [0, 0.1) is 12.7 Å². The van der Waals surface area contributed by atoms with E-state index >= 15 is 0 Å². The van der Waals surface area contributed by atoms with Crippen LogP contribution >= 0.6 is 0 Å². The van der Waals surface area contributed by atoms with E-state index in [9.17, 15) is 9.50 Å². The van der Waals surface area contributed by atoms with Crippen LogP contribution in [0.5, 0.6) is 5.75 Å². The van der Waals surface area contributed by atoms with E-state index in [-0.39, 0.29) is 11.8 Å². The third kappa shape index (κ3) is 3.19. The largest absolute Gasteiger partial charge is 0.505 e. The number of rotatable bonds is 4. The van der Waals surface area contributed by atoms with Crippen LogP contribution in [0.25, 0.3) is 0 Å². The second-order valence-corrected chi connectivity index (χ2v) is 5.60. The molecule has 0 saturated carbocycles. The van der Waals surface area contributed by atoms with Crippen molar-refractivity contribution in [2.45, 2.75) is 26.3 Å². The summed E-state index contributed by atoms with van der Waals surface area (Å²) in [4.78, 5) is 2.29. The van der Waals surface area contributed by atoms with E-state index in [0.29, 0.717) is 11.1 Å². The van der Waals surface area contributed by atoms with Gasteiger partial charge in [-0.2, -0.15) is 0 Å². The molecular weight excluding hydrogens is 255 g/mol. The lowest BCUT2D eigenvalue weighted by Crippen LogP contribution is -2.45. The van der Waals surface area contributed by atoms with Crippen LogP contribution in [0.3, 0.4) is 0 Å². The van der Waals surface area contributed by atoms with Crippen LogP contribution in [-0.2, 0) is 0 Å². The van der Waals surface area contributed by atoms with Crippen LogP contribution in [-0.4, -0.2) is 36.2 Å². The van der Waals surface area contributed by atoms with E-state index in [2.05, 4.69) is 16.8 Å². The molecule has 0 aliphatic carbocycles. The van der Waals surface area contributed by atoms with Crippen LogP contribution in [0.2, 0.25) is 0 Å². The van der Waals surface area contributed by atoms with Crippen molar-refractivity contribution in [3.63, 3.8) is 0 Å². The second-order valence-electron chi connectivity index (χ2n) is 5.60. The molecular formula is C16H23FN2O. The predicted octanol–water partition coefficient (Wildman–Crippen LogP) is 2.75. The number of piperazine rings is 1. The fourth-order valence-corrected chi connectivity index (χ4v) is 2.71. The van der Waals surface area contributed by atoms with Gasteiger partial charge in [-0.05, 0) is 25.8 Å². The average molecular weight is 278 g/mol.